The molecular weight excluding hydrogens is 256 g/mol. The topological polar surface area (TPSA) is 69.0 Å². The molecule has 0 unspecified atom stereocenters. The summed E-state index contributed by atoms with van der Waals surface area (Å²) in [5.74, 6) is 0.692. The van der Waals surface area contributed by atoms with Crippen molar-refractivity contribution in [3.05, 3.63) is 42.5 Å². The van der Waals surface area contributed by atoms with Crippen molar-refractivity contribution < 1.29 is 9.53 Å². The minimum atomic E-state index is -0.378. The SMILES string of the molecule is Cc1ccc(OCCNC(=O)[C@H](C)n2cncn2)cc1. The fourth-order valence-electron chi connectivity index (χ4n) is 1.66. The van der Waals surface area contributed by atoms with E-state index in [1.54, 1.807) is 6.92 Å². The van der Waals surface area contributed by atoms with Crippen molar-refractivity contribution >= 4 is 5.91 Å². The first-order valence-electron chi connectivity index (χ1n) is 6.48. The van der Waals surface area contributed by atoms with Crippen molar-refractivity contribution in [1.82, 2.24) is 20.1 Å². The molecule has 0 aliphatic carbocycles. The van der Waals surface area contributed by atoms with Gasteiger partial charge in [0.2, 0.25) is 5.91 Å². The lowest BCUT2D eigenvalue weighted by molar-refractivity contribution is -0.124. The van der Waals surface area contributed by atoms with Crippen LogP contribution in [0.15, 0.2) is 36.9 Å². The summed E-state index contributed by atoms with van der Waals surface area (Å²) < 4.78 is 7.04. The Bertz CT molecular complexity index is 537. The molecule has 2 aromatic rings. The largest absolute Gasteiger partial charge is 0.492 e. The molecule has 1 atom stereocenters. The first-order valence-corrected chi connectivity index (χ1v) is 6.48. The molecule has 0 aliphatic heterocycles. The second-order valence-corrected chi connectivity index (χ2v) is 4.50. The maximum Gasteiger partial charge on any atom is 0.244 e. The average molecular weight is 274 g/mol. The molecular formula is C14H18N4O2. The lowest BCUT2D eigenvalue weighted by atomic mass is 10.2. The summed E-state index contributed by atoms with van der Waals surface area (Å²) >= 11 is 0. The smallest absolute Gasteiger partial charge is 0.244 e. The molecule has 0 aliphatic rings. The second-order valence-electron chi connectivity index (χ2n) is 4.50. The highest BCUT2D eigenvalue weighted by atomic mass is 16.5. The lowest BCUT2D eigenvalue weighted by Crippen LogP contribution is -2.34. The number of aromatic nitrogens is 3. The van der Waals surface area contributed by atoms with E-state index in [1.807, 2.05) is 31.2 Å². The van der Waals surface area contributed by atoms with E-state index in [0.29, 0.717) is 13.2 Å². The minimum Gasteiger partial charge on any atom is -0.492 e. The van der Waals surface area contributed by atoms with Crippen LogP contribution in [0.1, 0.15) is 18.5 Å². The molecule has 2 rings (SSSR count). The Labute approximate surface area is 117 Å². The van der Waals surface area contributed by atoms with E-state index < -0.39 is 0 Å². The van der Waals surface area contributed by atoms with Crippen LogP contribution in [-0.4, -0.2) is 33.8 Å². The number of carbonyl (C=O) groups is 1. The Morgan fingerprint density at radius 1 is 1.40 bits per heavy atom. The molecule has 0 bridgehead atoms. The second kappa shape index (κ2) is 6.70. The molecule has 0 fully saturated rings. The van der Waals surface area contributed by atoms with Gasteiger partial charge in [-0.15, -0.1) is 0 Å². The molecule has 6 heteroatoms. The van der Waals surface area contributed by atoms with Crippen molar-refractivity contribution in [2.45, 2.75) is 19.9 Å². The van der Waals surface area contributed by atoms with Crippen LogP contribution in [0.5, 0.6) is 5.75 Å². The predicted molar refractivity (Wildman–Crippen MR) is 74.4 cm³/mol. The molecule has 20 heavy (non-hydrogen) atoms. The molecule has 1 aromatic carbocycles. The van der Waals surface area contributed by atoms with Gasteiger partial charge in [0.15, 0.2) is 0 Å². The highest BCUT2D eigenvalue weighted by Gasteiger charge is 2.14. The highest BCUT2D eigenvalue weighted by molar-refractivity contribution is 5.79. The summed E-state index contributed by atoms with van der Waals surface area (Å²) in [5.41, 5.74) is 1.19. The number of hydrogen-bond acceptors (Lipinski definition) is 4. The summed E-state index contributed by atoms with van der Waals surface area (Å²) in [6.07, 6.45) is 2.93. The van der Waals surface area contributed by atoms with Crippen LogP contribution in [0.4, 0.5) is 0 Å². The van der Waals surface area contributed by atoms with Crippen LogP contribution in [0.3, 0.4) is 0 Å². The minimum absolute atomic E-state index is 0.108. The molecule has 1 aromatic heterocycles. The normalized spacial score (nSPS) is 11.9. The fraction of sp³-hybridized carbons (Fsp3) is 0.357. The van der Waals surface area contributed by atoms with Gasteiger partial charge in [-0.05, 0) is 26.0 Å². The maximum atomic E-state index is 11.8. The third-order valence-corrected chi connectivity index (χ3v) is 2.90. The molecule has 1 heterocycles. The van der Waals surface area contributed by atoms with Crippen LogP contribution >= 0.6 is 0 Å². The van der Waals surface area contributed by atoms with Crippen molar-refractivity contribution in [3.8, 4) is 5.75 Å². The number of nitrogens with zero attached hydrogens (tertiary/aromatic N) is 3. The third kappa shape index (κ3) is 3.81. The van der Waals surface area contributed by atoms with Crippen molar-refractivity contribution in [2.75, 3.05) is 13.2 Å². The van der Waals surface area contributed by atoms with Gasteiger partial charge in [-0.1, -0.05) is 17.7 Å². The quantitative estimate of drug-likeness (QED) is 0.807. The van der Waals surface area contributed by atoms with E-state index in [2.05, 4.69) is 15.4 Å². The fourth-order valence-corrected chi connectivity index (χ4v) is 1.66. The number of amides is 1. The summed E-state index contributed by atoms with van der Waals surface area (Å²) in [4.78, 5) is 15.7. The van der Waals surface area contributed by atoms with Crippen LogP contribution < -0.4 is 10.1 Å². The molecule has 0 saturated carbocycles. The predicted octanol–water partition coefficient (Wildman–Crippen LogP) is 1.34. The zero-order chi connectivity index (χ0) is 14.4. The molecule has 1 N–H and O–H groups in total. The van der Waals surface area contributed by atoms with Crippen LogP contribution in [0.2, 0.25) is 0 Å². The Hall–Kier alpha value is -2.37. The van der Waals surface area contributed by atoms with E-state index in [-0.39, 0.29) is 11.9 Å². The van der Waals surface area contributed by atoms with Crippen LogP contribution in [-0.2, 0) is 4.79 Å². The van der Waals surface area contributed by atoms with Gasteiger partial charge in [0.1, 0.15) is 31.1 Å². The van der Waals surface area contributed by atoms with Crippen molar-refractivity contribution in [3.63, 3.8) is 0 Å². The molecule has 0 spiro atoms. The molecule has 6 nitrogen and oxygen atoms in total. The monoisotopic (exact) mass is 274 g/mol. The van der Waals surface area contributed by atoms with Gasteiger partial charge in [0.25, 0.3) is 0 Å². The third-order valence-electron chi connectivity index (χ3n) is 2.90. The lowest BCUT2D eigenvalue weighted by Gasteiger charge is -2.12. The summed E-state index contributed by atoms with van der Waals surface area (Å²) in [7, 11) is 0. The Morgan fingerprint density at radius 2 is 2.15 bits per heavy atom. The number of nitrogens with one attached hydrogen (secondary N) is 1. The number of rotatable bonds is 6. The van der Waals surface area contributed by atoms with Gasteiger partial charge in [-0.2, -0.15) is 5.10 Å². The van der Waals surface area contributed by atoms with Gasteiger partial charge < -0.3 is 10.1 Å². The van der Waals surface area contributed by atoms with Gasteiger partial charge in [-0.25, -0.2) is 9.67 Å². The number of aryl methyl sites for hydroxylation is 1. The van der Waals surface area contributed by atoms with E-state index in [0.717, 1.165) is 5.75 Å². The maximum absolute atomic E-state index is 11.8. The number of ether oxygens (including phenoxy) is 1. The Kier molecular flexibility index (Phi) is 4.70. The highest BCUT2D eigenvalue weighted by Crippen LogP contribution is 2.10. The Balaban J connectivity index is 1.70. The molecule has 0 saturated heterocycles. The first-order chi connectivity index (χ1) is 9.66. The van der Waals surface area contributed by atoms with Gasteiger partial charge in [-0.3, -0.25) is 4.79 Å². The van der Waals surface area contributed by atoms with E-state index in [9.17, 15) is 4.79 Å². The first kappa shape index (κ1) is 14.0. The summed E-state index contributed by atoms with van der Waals surface area (Å²) in [6, 6.07) is 7.42. The van der Waals surface area contributed by atoms with Crippen molar-refractivity contribution in [2.24, 2.45) is 0 Å². The molecule has 106 valence electrons. The van der Waals surface area contributed by atoms with Crippen molar-refractivity contribution in [1.29, 1.82) is 0 Å². The number of hydrogen-bond donors (Lipinski definition) is 1. The standard InChI is InChI=1S/C14H18N4O2/c1-11-3-5-13(6-4-11)20-8-7-16-14(19)12(2)18-10-15-9-17-18/h3-6,9-10,12H,7-8H2,1-2H3,(H,16,19)/t12-/m0/s1. The van der Waals surface area contributed by atoms with E-state index in [4.69, 9.17) is 4.74 Å². The summed E-state index contributed by atoms with van der Waals surface area (Å²) in [5, 5.41) is 6.73. The summed E-state index contributed by atoms with van der Waals surface area (Å²) in [6.45, 7) is 4.67. The zero-order valence-electron chi connectivity index (χ0n) is 11.6. The number of carbonyl (C=O) groups excluding carboxylic acids is 1. The van der Waals surface area contributed by atoms with Gasteiger partial charge in [0, 0.05) is 0 Å². The van der Waals surface area contributed by atoms with Crippen LogP contribution in [0.25, 0.3) is 0 Å². The Morgan fingerprint density at radius 3 is 2.80 bits per heavy atom. The molecule has 1 amide bonds. The molecule has 0 radical (unpaired) electrons. The average Bonchev–Trinajstić information content (AvgIpc) is 2.98. The number of benzene rings is 1. The van der Waals surface area contributed by atoms with Crippen LogP contribution in [0, 0.1) is 6.92 Å². The van der Waals surface area contributed by atoms with Gasteiger partial charge in [0.05, 0.1) is 6.54 Å². The van der Waals surface area contributed by atoms with E-state index in [1.165, 1.54) is 22.9 Å². The van der Waals surface area contributed by atoms with Gasteiger partial charge >= 0.3 is 0 Å². The van der Waals surface area contributed by atoms with E-state index >= 15 is 0 Å². The zero-order valence-corrected chi connectivity index (χ0v) is 11.6.